The summed E-state index contributed by atoms with van der Waals surface area (Å²) in [7, 11) is -3.83. The fourth-order valence-electron chi connectivity index (χ4n) is 0. The Bertz CT molecular complexity index is 158. The van der Waals surface area contributed by atoms with Gasteiger partial charge in [-0.1, -0.05) is 0 Å². The predicted molar refractivity (Wildman–Crippen MR) is 28.8 cm³/mol. The summed E-state index contributed by atoms with van der Waals surface area (Å²) in [4.78, 5) is 8.44. The van der Waals surface area contributed by atoms with E-state index in [-0.39, 0.29) is 29.6 Å². The molecule has 0 atom stereocenters. The van der Waals surface area contributed by atoms with Crippen LogP contribution >= 0.6 is 0 Å². The maximum absolute atomic E-state index is 9.11. The summed E-state index contributed by atoms with van der Waals surface area (Å²) in [6.45, 7) is 0. The van der Waals surface area contributed by atoms with Crippen molar-refractivity contribution in [2.75, 3.05) is 0 Å². The summed E-state index contributed by atoms with van der Waals surface area (Å²) in [5.74, 6) is 0. The van der Waals surface area contributed by atoms with Gasteiger partial charge < -0.3 is 15.0 Å². The number of carboxylic acid groups (broad SMARTS) is 2. The van der Waals surface area contributed by atoms with Gasteiger partial charge in [-0.2, -0.15) is 4.21 Å². The Kier molecular flexibility index (Phi) is 12.9. The predicted octanol–water partition coefficient (Wildman–Crippen LogP) is -4.43. The summed E-state index contributed by atoms with van der Waals surface area (Å²) >= 11 is 3.47. The first kappa shape index (κ1) is 16.9. The van der Waals surface area contributed by atoms with Crippen molar-refractivity contribution in [1.82, 2.24) is 0 Å². The number of carbonyl (C=O) groups is 1. The molecule has 0 aliphatic rings. The smallest absolute Gasteiger partial charge is 0.565 e. The molecule has 0 amide bonds. The van der Waals surface area contributed by atoms with Crippen molar-refractivity contribution in [2.24, 2.45) is 0 Å². The van der Waals surface area contributed by atoms with Crippen LogP contribution in [-0.2, 0) is 20.2 Å². The zero-order chi connectivity index (χ0) is 8.08. The molecule has 0 heterocycles. The molecule has 0 fully saturated rings. The third kappa shape index (κ3) is 1560. The van der Waals surface area contributed by atoms with E-state index >= 15 is 0 Å². The Morgan fingerprint density at radius 1 is 1.50 bits per heavy atom. The van der Waals surface area contributed by atoms with Crippen molar-refractivity contribution in [1.29, 1.82) is 0 Å². The second kappa shape index (κ2) is 7.66. The van der Waals surface area contributed by atoms with Crippen molar-refractivity contribution in [3.05, 3.63) is 0 Å². The molecule has 0 saturated heterocycles. The van der Waals surface area contributed by atoms with E-state index in [1.807, 2.05) is 0 Å². The molecule has 6 nitrogen and oxygen atoms in total. The summed E-state index contributed by atoms with van der Waals surface area (Å²) in [5.41, 5.74) is 0. The summed E-state index contributed by atoms with van der Waals surface area (Å²) in [6, 6.07) is 0. The molecule has 0 aromatic rings. The maximum atomic E-state index is 9.11. The average molecular weight is 198 g/mol. The number of hydrogen-bond donors (Lipinski definition) is 3. The van der Waals surface area contributed by atoms with Crippen molar-refractivity contribution in [3.8, 4) is 0 Å². The van der Waals surface area contributed by atoms with Gasteiger partial charge in [-0.3, -0.25) is 9.11 Å². The third-order valence-electron chi connectivity index (χ3n) is 0. The molecule has 0 rings (SSSR count). The number of hydrogen-bond acceptors (Lipinski definition) is 4. The molecule has 56 valence electrons. The van der Waals surface area contributed by atoms with Crippen LogP contribution in [0, 0.1) is 0 Å². The fourth-order valence-corrected chi connectivity index (χ4v) is 0. The first-order valence-corrected chi connectivity index (χ1v) is 3.73. The Hall–Kier alpha value is 0.560. The Balaban J connectivity index is -0.0000000910. The van der Waals surface area contributed by atoms with Gasteiger partial charge in [-0.25, -0.2) is 0 Å². The van der Waals surface area contributed by atoms with Crippen LogP contribution in [0.3, 0.4) is 0 Å². The minimum Gasteiger partial charge on any atom is -0.565 e. The van der Waals surface area contributed by atoms with Crippen LogP contribution in [0.2, 0.25) is 0 Å². The Morgan fingerprint density at radius 3 is 1.50 bits per heavy atom. The molecule has 0 radical (unpaired) electrons. The van der Waals surface area contributed by atoms with Crippen LogP contribution in [-0.4, -0.2) is 24.6 Å². The maximum Gasteiger partial charge on any atom is 1.00 e. The van der Waals surface area contributed by atoms with Crippen molar-refractivity contribution < 1.29 is 57.9 Å². The van der Waals surface area contributed by atoms with Gasteiger partial charge in [0.15, 0.2) is 0 Å². The van der Waals surface area contributed by atoms with Gasteiger partial charge in [0, 0.05) is 11.2 Å². The SMILES string of the molecule is O=C([O-])O.O=S(O)(O)=S.[Na+]. The zero-order valence-electron chi connectivity index (χ0n) is 4.88. The van der Waals surface area contributed by atoms with E-state index in [0.717, 1.165) is 0 Å². The normalized spacial score (nSPS) is 8.20. The fraction of sp³-hybridized carbons (Fsp3) is 0. The van der Waals surface area contributed by atoms with Crippen LogP contribution < -0.4 is 34.7 Å². The summed E-state index contributed by atoms with van der Waals surface area (Å²) < 4.78 is 24.0. The zero-order valence-corrected chi connectivity index (χ0v) is 8.52. The molecule has 0 bridgehead atoms. The van der Waals surface area contributed by atoms with E-state index in [9.17, 15) is 0 Å². The summed E-state index contributed by atoms with van der Waals surface area (Å²) in [6.07, 6.45) is -2.08. The van der Waals surface area contributed by atoms with Gasteiger partial charge >= 0.3 is 29.6 Å². The van der Waals surface area contributed by atoms with E-state index in [4.69, 9.17) is 28.3 Å². The van der Waals surface area contributed by atoms with Crippen LogP contribution in [0.5, 0.6) is 0 Å². The van der Waals surface area contributed by atoms with E-state index < -0.39 is 15.2 Å². The standard InChI is InChI=1S/CH2O3.Na.H2O3S2/c2-1(3)4;;1-5(2,3)4/h(H2,2,3,4);;(H2,1,2,3,4)/q;+1;/p-1. The van der Waals surface area contributed by atoms with E-state index in [1.165, 1.54) is 0 Å². The monoisotopic (exact) mass is 198 g/mol. The first-order chi connectivity index (χ1) is 3.73. The van der Waals surface area contributed by atoms with E-state index in [2.05, 4.69) is 11.2 Å². The minimum absolute atomic E-state index is 0. The molecular weight excluding hydrogens is 195 g/mol. The molecule has 10 heavy (non-hydrogen) atoms. The van der Waals surface area contributed by atoms with Crippen molar-refractivity contribution in [2.45, 2.75) is 0 Å². The van der Waals surface area contributed by atoms with Gasteiger partial charge in [-0.15, -0.1) is 0 Å². The molecule has 0 aliphatic heterocycles. The van der Waals surface area contributed by atoms with Crippen molar-refractivity contribution >= 4 is 26.4 Å². The summed E-state index contributed by atoms with van der Waals surface area (Å²) in [5, 5.41) is 15.3. The molecule has 0 aromatic carbocycles. The quantitative estimate of drug-likeness (QED) is 0.336. The van der Waals surface area contributed by atoms with E-state index in [0.29, 0.717) is 0 Å². The molecule has 0 spiro atoms. The third-order valence-corrected chi connectivity index (χ3v) is 0. The van der Waals surface area contributed by atoms with Crippen LogP contribution in [0.25, 0.3) is 0 Å². The van der Waals surface area contributed by atoms with Gasteiger partial charge in [0.2, 0.25) is 6.16 Å². The second-order valence-corrected chi connectivity index (χ2v) is 2.91. The van der Waals surface area contributed by atoms with Gasteiger partial charge in [0.25, 0.3) is 9.05 Å². The van der Waals surface area contributed by atoms with Gasteiger partial charge in [-0.05, 0) is 0 Å². The Morgan fingerprint density at radius 2 is 1.50 bits per heavy atom. The molecule has 0 aromatic heterocycles. The van der Waals surface area contributed by atoms with Crippen LogP contribution in [0.15, 0.2) is 0 Å². The second-order valence-electron chi connectivity index (χ2n) is 0.714. The minimum atomic E-state index is -3.83. The van der Waals surface area contributed by atoms with Gasteiger partial charge in [0.05, 0.1) is 0 Å². The van der Waals surface area contributed by atoms with Gasteiger partial charge in [0.1, 0.15) is 0 Å². The number of rotatable bonds is 0. The molecule has 0 aliphatic carbocycles. The van der Waals surface area contributed by atoms with Crippen LogP contribution in [0.1, 0.15) is 0 Å². The topological polar surface area (TPSA) is 118 Å². The molecule has 9 heteroatoms. The largest absolute Gasteiger partial charge is 1.00 e. The molecule has 0 saturated carbocycles. The van der Waals surface area contributed by atoms with Crippen molar-refractivity contribution in [3.63, 3.8) is 0 Å². The molecule has 0 unspecified atom stereocenters. The molecule has 3 N–H and O–H groups in total. The van der Waals surface area contributed by atoms with Crippen LogP contribution in [0.4, 0.5) is 4.79 Å². The average Bonchev–Trinajstić information content (AvgIpc) is 1.19. The molecular formula is CH3NaO6S2. The Labute approximate surface area is 83.9 Å². The first-order valence-electron chi connectivity index (χ1n) is 1.33. The van der Waals surface area contributed by atoms with E-state index in [1.54, 1.807) is 0 Å².